The fourth-order valence-corrected chi connectivity index (χ4v) is 4.80. The monoisotopic (exact) mass is 457 g/mol. The molecule has 2 heterocycles. The lowest BCUT2D eigenvalue weighted by Crippen LogP contribution is -2.30. The summed E-state index contributed by atoms with van der Waals surface area (Å²) in [7, 11) is -4.62. The Morgan fingerprint density at radius 2 is 1.82 bits per heavy atom. The van der Waals surface area contributed by atoms with E-state index in [4.69, 9.17) is 0 Å². The maximum Gasteiger partial charge on any atom is 0.297 e. The van der Waals surface area contributed by atoms with Crippen molar-refractivity contribution in [3.63, 3.8) is 0 Å². The molecular formula is C23H15N5O4S. The first-order valence-electron chi connectivity index (χ1n) is 9.78. The van der Waals surface area contributed by atoms with Gasteiger partial charge in [0.15, 0.2) is 11.5 Å². The second kappa shape index (κ2) is 7.37. The number of fused-ring (bicyclic) bond motifs is 4. The van der Waals surface area contributed by atoms with Crippen LogP contribution in [0.2, 0.25) is 0 Å². The van der Waals surface area contributed by atoms with Crippen molar-refractivity contribution < 1.29 is 17.8 Å². The molecule has 0 aliphatic carbocycles. The number of nitrogens with one attached hydrogen (secondary N) is 1. The molecule has 0 spiro atoms. The SMILES string of the molecule is CC1=C(C#N)c2nc3ccccc3n2C(=O)/C1=N/Nc1ccc2ccccc2c1S(=O)(=O)O. The maximum absolute atomic E-state index is 13.3. The molecule has 0 bridgehead atoms. The average molecular weight is 457 g/mol. The maximum atomic E-state index is 13.3. The Labute approximate surface area is 188 Å². The minimum absolute atomic E-state index is 0.0101. The number of hydrogen-bond donors (Lipinski definition) is 2. The molecule has 0 saturated carbocycles. The third-order valence-corrected chi connectivity index (χ3v) is 6.41. The van der Waals surface area contributed by atoms with Crippen LogP contribution in [-0.4, -0.2) is 34.1 Å². The number of rotatable bonds is 3. The highest BCUT2D eigenvalue weighted by Crippen LogP contribution is 2.32. The van der Waals surface area contributed by atoms with Gasteiger partial charge in [-0.1, -0.05) is 42.5 Å². The van der Waals surface area contributed by atoms with Crippen LogP contribution < -0.4 is 5.43 Å². The summed E-state index contributed by atoms with van der Waals surface area (Å²) in [5, 5.41) is 14.8. The zero-order valence-electron chi connectivity index (χ0n) is 17.1. The Morgan fingerprint density at radius 3 is 2.58 bits per heavy atom. The van der Waals surface area contributed by atoms with Crippen LogP contribution >= 0.6 is 0 Å². The van der Waals surface area contributed by atoms with E-state index in [1.807, 2.05) is 0 Å². The Balaban J connectivity index is 1.68. The standard InChI is InChI=1S/C23H15N5O4S/c1-13-16(12-24)22-25-17-8-4-5-9-19(17)28(22)23(29)20(13)27-26-18-11-10-14-6-2-3-7-15(14)21(18)33(30,31)32/h2-11,26H,1H3,(H,30,31,32)/b27-20+. The number of hydrazone groups is 1. The normalized spacial score (nSPS) is 15.2. The summed E-state index contributed by atoms with van der Waals surface area (Å²) in [6.07, 6.45) is 0. The Hall–Kier alpha value is -4.33. The molecule has 3 aromatic carbocycles. The van der Waals surface area contributed by atoms with Crippen molar-refractivity contribution in [2.75, 3.05) is 5.43 Å². The first-order valence-corrected chi connectivity index (χ1v) is 11.2. The van der Waals surface area contributed by atoms with Gasteiger partial charge in [0, 0.05) is 11.0 Å². The van der Waals surface area contributed by atoms with Crippen molar-refractivity contribution in [3.05, 3.63) is 72.1 Å². The van der Waals surface area contributed by atoms with Crippen LogP contribution in [0.15, 0.2) is 76.2 Å². The highest BCUT2D eigenvalue weighted by atomic mass is 32.2. The summed E-state index contributed by atoms with van der Waals surface area (Å²) in [6, 6.07) is 18.8. The van der Waals surface area contributed by atoms with Crippen LogP contribution in [0.1, 0.15) is 17.5 Å². The van der Waals surface area contributed by atoms with E-state index in [1.54, 1.807) is 61.5 Å². The molecular weight excluding hydrogens is 442 g/mol. The second-order valence-electron chi connectivity index (χ2n) is 7.39. The van der Waals surface area contributed by atoms with Gasteiger partial charge in [0.05, 0.1) is 16.7 Å². The molecule has 0 atom stereocenters. The topological polar surface area (TPSA) is 137 Å². The molecule has 5 rings (SSSR count). The van der Waals surface area contributed by atoms with Crippen molar-refractivity contribution in [3.8, 4) is 6.07 Å². The first kappa shape index (κ1) is 20.6. The van der Waals surface area contributed by atoms with Crippen molar-refractivity contribution in [2.45, 2.75) is 11.8 Å². The number of imidazole rings is 1. The number of benzene rings is 3. The van der Waals surface area contributed by atoms with Gasteiger partial charge in [0.25, 0.3) is 16.0 Å². The lowest BCUT2D eigenvalue weighted by molar-refractivity contribution is 0.0992. The predicted octanol–water partition coefficient (Wildman–Crippen LogP) is 3.86. The second-order valence-corrected chi connectivity index (χ2v) is 8.75. The van der Waals surface area contributed by atoms with Crippen LogP contribution in [0.5, 0.6) is 0 Å². The molecule has 1 aromatic heterocycles. The third kappa shape index (κ3) is 3.18. The molecule has 0 amide bonds. The molecule has 33 heavy (non-hydrogen) atoms. The van der Waals surface area contributed by atoms with Crippen LogP contribution in [0.25, 0.3) is 27.4 Å². The minimum atomic E-state index is -4.62. The van der Waals surface area contributed by atoms with E-state index in [0.29, 0.717) is 27.4 Å². The van der Waals surface area contributed by atoms with E-state index in [1.165, 1.54) is 10.6 Å². The zero-order valence-corrected chi connectivity index (χ0v) is 18.0. The van der Waals surface area contributed by atoms with Crippen molar-refractivity contribution >= 4 is 54.8 Å². The van der Waals surface area contributed by atoms with E-state index in [2.05, 4.69) is 21.6 Å². The highest BCUT2D eigenvalue weighted by Gasteiger charge is 2.32. The Bertz CT molecular complexity index is 1710. The van der Waals surface area contributed by atoms with E-state index < -0.39 is 16.0 Å². The number of para-hydroxylation sites is 2. The minimum Gasteiger partial charge on any atom is -0.282 e. The highest BCUT2D eigenvalue weighted by molar-refractivity contribution is 7.86. The Kier molecular flexibility index (Phi) is 4.59. The fraction of sp³-hybridized carbons (Fsp3) is 0.0435. The van der Waals surface area contributed by atoms with E-state index >= 15 is 0 Å². The summed E-state index contributed by atoms with van der Waals surface area (Å²) in [4.78, 5) is 17.4. The number of anilines is 1. The third-order valence-electron chi connectivity index (χ3n) is 5.46. The smallest absolute Gasteiger partial charge is 0.282 e. The number of carbonyl (C=O) groups excluding carboxylic acids is 1. The summed E-state index contributed by atoms with van der Waals surface area (Å²) >= 11 is 0. The Morgan fingerprint density at radius 1 is 1.09 bits per heavy atom. The molecule has 1 aliphatic rings. The van der Waals surface area contributed by atoms with Gasteiger partial charge in [-0.25, -0.2) is 4.98 Å². The lowest BCUT2D eigenvalue weighted by atomic mass is 10.0. The van der Waals surface area contributed by atoms with Crippen LogP contribution in [0.4, 0.5) is 5.69 Å². The molecule has 2 N–H and O–H groups in total. The first-order chi connectivity index (χ1) is 15.8. The number of nitrogens with zero attached hydrogens (tertiary/aromatic N) is 4. The van der Waals surface area contributed by atoms with Gasteiger partial charge in [0.1, 0.15) is 16.5 Å². The molecule has 0 fully saturated rings. The summed E-state index contributed by atoms with van der Waals surface area (Å²) in [5.74, 6) is -0.290. The van der Waals surface area contributed by atoms with Gasteiger partial charge in [-0.15, -0.1) is 0 Å². The zero-order chi connectivity index (χ0) is 23.3. The van der Waals surface area contributed by atoms with Gasteiger partial charge >= 0.3 is 0 Å². The largest absolute Gasteiger partial charge is 0.297 e. The van der Waals surface area contributed by atoms with Crippen LogP contribution in [0.3, 0.4) is 0 Å². The fourth-order valence-electron chi connectivity index (χ4n) is 3.94. The van der Waals surface area contributed by atoms with Gasteiger partial charge in [-0.3, -0.25) is 19.3 Å². The van der Waals surface area contributed by atoms with Crippen molar-refractivity contribution in [1.82, 2.24) is 9.55 Å². The average Bonchev–Trinajstić information content (AvgIpc) is 3.17. The molecule has 10 heteroatoms. The molecule has 4 aromatic rings. The quantitative estimate of drug-likeness (QED) is 0.352. The summed E-state index contributed by atoms with van der Waals surface area (Å²) in [5.41, 5.74) is 4.08. The van der Waals surface area contributed by atoms with E-state index in [0.717, 1.165) is 0 Å². The molecule has 162 valence electrons. The molecule has 9 nitrogen and oxygen atoms in total. The van der Waals surface area contributed by atoms with Gasteiger partial charge in [-0.2, -0.15) is 18.8 Å². The molecule has 0 radical (unpaired) electrons. The van der Waals surface area contributed by atoms with Crippen molar-refractivity contribution in [1.29, 1.82) is 5.26 Å². The number of aromatic nitrogens is 2. The molecule has 1 aliphatic heterocycles. The molecule has 0 unspecified atom stereocenters. The number of carbonyl (C=O) groups is 1. The van der Waals surface area contributed by atoms with E-state index in [9.17, 15) is 23.0 Å². The van der Waals surface area contributed by atoms with Crippen LogP contribution in [0, 0.1) is 11.3 Å². The summed E-state index contributed by atoms with van der Waals surface area (Å²) in [6.45, 7) is 1.57. The van der Waals surface area contributed by atoms with Gasteiger partial charge < -0.3 is 0 Å². The number of hydrogen-bond acceptors (Lipinski definition) is 7. The van der Waals surface area contributed by atoms with E-state index in [-0.39, 0.29) is 27.7 Å². The number of allylic oxidation sites excluding steroid dienone is 2. The molecule has 0 saturated heterocycles. The van der Waals surface area contributed by atoms with Crippen molar-refractivity contribution in [2.24, 2.45) is 5.10 Å². The van der Waals surface area contributed by atoms with Gasteiger partial charge in [0.2, 0.25) is 0 Å². The predicted molar refractivity (Wildman–Crippen MR) is 123 cm³/mol. The lowest BCUT2D eigenvalue weighted by Gasteiger charge is -2.17. The summed E-state index contributed by atoms with van der Waals surface area (Å²) < 4.78 is 35.5. The van der Waals surface area contributed by atoms with Crippen LogP contribution in [-0.2, 0) is 10.1 Å². The number of nitriles is 1. The van der Waals surface area contributed by atoms with Gasteiger partial charge in [-0.05, 0) is 30.5 Å².